The van der Waals surface area contributed by atoms with Crippen molar-refractivity contribution in [2.24, 2.45) is 5.41 Å². The molecule has 1 aliphatic heterocycles. The molecule has 1 heterocycles. The van der Waals surface area contributed by atoms with Crippen LogP contribution in [0, 0.1) is 5.41 Å². The summed E-state index contributed by atoms with van der Waals surface area (Å²) in [6, 6.07) is 1.53. The van der Waals surface area contributed by atoms with Gasteiger partial charge in [0.1, 0.15) is 0 Å². The van der Waals surface area contributed by atoms with Gasteiger partial charge in [-0.1, -0.05) is 33.1 Å². The standard InChI is InChI=1S/C16H32N2/c1-4-17-15-8-11-18(14(2)12-15)13-16(3)9-6-5-7-10-16/h14-15,17H,4-13H2,1-3H3. The fourth-order valence-electron chi connectivity index (χ4n) is 3.98. The van der Waals surface area contributed by atoms with Gasteiger partial charge in [0.25, 0.3) is 0 Å². The fourth-order valence-corrected chi connectivity index (χ4v) is 3.98. The van der Waals surface area contributed by atoms with E-state index in [1.807, 2.05) is 0 Å². The van der Waals surface area contributed by atoms with Crippen LogP contribution in [0.4, 0.5) is 0 Å². The van der Waals surface area contributed by atoms with Crippen molar-refractivity contribution in [3.8, 4) is 0 Å². The minimum absolute atomic E-state index is 0.609. The Hall–Kier alpha value is -0.0800. The predicted molar refractivity (Wildman–Crippen MR) is 78.9 cm³/mol. The first-order valence-corrected chi connectivity index (χ1v) is 8.10. The van der Waals surface area contributed by atoms with Crippen molar-refractivity contribution in [1.29, 1.82) is 0 Å². The number of nitrogens with one attached hydrogen (secondary N) is 1. The van der Waals surface area contributed by atoms with Gasteiger partial charge in [0.2, 0.25) is 0 Å². The van der Waals surface area contributed by atoms with Crippen LogP contribution in [0.1, 0.15) is 65.7 Å². The van der Waals surface area contributed by atoms with Gasteiger partial charge in [0.05, 0.1) is 0 Å². The normalized spacial score (nSPS) is 33.5. The van der Waals surface area contributed by atoms with Gasteiger partial charge in [-0.25, -0.2) is 0 Å². The van der Waals surface area contributed by atoms with Crippen LogP contribution in [0.25, 0.3) is 0 Å². The second-order valence-electron chi connectivity index (χ2n) is 6.97. The molecule has 2 unspecified atom stereocenters. The molecule has 0 aromatic rings. The van der Waals surface area contributed by atoms with Gasteiger partial charge < -0.3 is 10.2 Å². The first-order chi connectivity index (χ1) is 8.63. The maximum absolute atomic E-state index is 3.62. The number of likely N-dealkylation sites (tertiary alicyclic amines) is 1. The zero-order chi connectivity index (χ0) is 13.0. The maximum atomic E-state index is 3.62. The summed E-state index contributed by atoms with van der Waals surface area (Å²) in [5.41, 5.74) is 0.609. The van der Waals surface area contributed by atoms with E-state index in [0.29, 0.717) is 5.41 Å². The number of piperidine rings is 1. The quantitative estimate of drug-likeness (QED) is 0.825. The Labute approximate surface area is 114 Å². The van der Waals surface area contributed by atoms with E-state index in [4.69, 9.17) is 0 Å². The first kappa shape index (κ1) is 14.3. The Morgan fingerprint density at radius 1 is 1.22 bits per heavy atom. The molecule has 2 atom stereocenters. The molecule has 1 saturated carbocycles. The Morgan fingerprint density at radius 2 is 1.94 bits per heavy atom. The van der Waals surface area contributed by atoms with Gasteiger partial charge in [-0.05, 0) is 51.1 Å². The number of hydrogen-bond acceptors (Lipinski definition) is 2. The molecule has 0 spiro atoms. The average molecular weight is 252 g/mol. The van der Waals surface area contributed by atoms with Gasteiger partial charge in [-0.2, -0.15) is 0 Å². The SMILES string of the molecule is CCNC1CCN(CC2(C)CCCCC2)C(C)C1. The highest BCUT2D eigenvalue weighted by atomic mass is 15.2. The smallest absolute Gasteiger partial charge is 0.00939 e. The number of rotatable bonds is 4. The molecule has 1 N–H and O–H groups in total. The van der Waals surface area contributed by atoms with E-state index in [-0.39, 0.29) is 0 Å². The maximum Gasteiger partial charge on any atom is 0.00939 e. The van der Waals surface area contributed by atoms with Crippen LogP contribution in [-0.4, -0.2) is 36.6 Å². The average Bonchev–Trinajstić information content (AvgIpc) is 2.34. The van der Waals surface area contributed by atoms with Crippen molar-refractivity contribution < 1.29 is 0 Å². The van der Waals surface area contributed by atoms with Crippen LogP contribution in [0.2, 0.25) is 0 Å². The Morgan fingerprint density at radius 3 is 2.56 bits per heavy atom. The highest BCUT2D eigenvalue weighted by molar-refractivity contribution is 4.88. The molecular weight excluding hydrogens is 220 g/mol. The molecule has 1 aliphatic carbocycles. The summed E-state index contributed by atoms with van der Waals surface area (Å²) < 4.78 is 0. The second-order valence-corrected chi connectivity index (χ2v) is 6.97. The van der Waals surface area contributed by atoms with E-state index in [0.717, 1.165) is 18.6 Å². The van der Waals surface area contributed by atoms with Crippen LogP contribution in [0.15, 0.2) is 0 Å². The van der Waals surface area contributed by atoms with Crippen LogP contribution < -0.4 is 5.32 Å². The predicted octanol–water partition coefficient (Wildman–Crippen LogP) is 3.42. The van der Waals surface area contributed by atoms with Crippen LogP contribution >= 0.6 is 0 Å². The summed E-state index contributed by atoms with van der Waals surface area (Å²) in [5.74, 6) is 0. The topological polar surface area (TPSA) is 15.3 Å². The van der Waals surface area contributed by atoms with E-state index in [2.05, 4.69) is 31.0 Å². The summed E-state index contributed by atoms with van der Waals surface area (Å²) in [4.78, 5) is 2.76. The molecule has 2 fully saturated rings. The summed E-state index contributed by atoms with van der Waals surface area (Å²) >= 11 is 0. The molecule has 0 bridgehead atoms. The Balaban J connectivity index is 1.83. The van der Waals surface area contributed by atoms with Crippen molar-refractivity contribution in [3.63, 3.8) is 0 Å². The molecule has 0 aromatic heterocycles. The molecule has 2 heteroatoms. The lowest BCUT2D eigenvalue weighted by molar-refractivity contribution is 0.0630. The summed E-state index contributed by atoms with van der Waals surface area (Å²) in [7, 11) is 0. The van der Waals surface area contributed by atoms with Crippen LogP contribution in [0.3, 0.4) is 0 Å². The minimum atomic E-state index is 0.609. The third-order valence-corrected chi connectivity index (χ3v) is 5.15. The highest BCUT2D eigenvalue weighted by Gasteiger charge is 2.33. The summed E-state index contributed by atoms with van der Waals surface area (Å²) in [5, 5.41) is 3.62. The molecular formula is C16H32N2. The fraction of sp³-hybridized carbons (Fsp3) is 1.00. The molecule has 2 rings (SSSR count). The largest absolute Gasteiger partial charge is 0.314 e. The first-order valence-electron chi connectivity index (χ1n) is 8.10. The second kappa shape index (κ2) is 6.38. The lowest BCUT2D eigenvalue weighted by Gasteiger charge is -2.44. The summed E-state index contributed by atoms with van der Waals surface area (Å²) in [6.07, 6.45) is 9.96. The molecule has 0 radical (unpaired) electrons. The van der Waals surface area contributed by atoms with E-state index < -0.39 is 0 Å². The zero-order valence-corrected chi connectivity index (χ0v) is 12.7. The van der Waals surface area contributed by atoms with Gasteiger partial charge in [0, 0.05) is 18.6 Å². The minimum Gasteiger partial charge on any atom is -0.314 e. The summed E-state index contributed by atoms with van der Waals surface area (Å²) in [6.45, 7) is 10.9. The van der Waals surface area contributed by atoms with Crippen molar-refractivity contribution in [2.75, 3.05) is 19.6 Å². The number of nitrogens with zero attached hydrogens (tertiary/aromatic N) is 1. The van der Waals surface area contributed by atoms with Gasteiger partial charge in [-0.15, -0.1) is 0 Å². The Kier molecular flexibility index (Phi) is 5.08. The van der Waals surface area contributed by atoms with E-state index in [1.54, 1.807) is 0 Å². The zero-order valence-electron chi connectivity index (χ0n) is 12.7. The van der Waals surface area contributed by atoms with E-state index >= 15 is 0 Å². The van der Waals surface area contributed by atoms with Gasteiger partial charge >= 0.3 is 0 Å². The van der Waals surface area contributed by atoms with Crippen LogP contribution in [-0.2, 0) is 0 Å². The molecule has 2 nitrogen and oxygen atoms in total. The van der Waals surface area contributed by atoms with Crippen molar-refractivity contribution in [3.05, 3.63) is 0 Å². The van der Waals surface area contributed by atoms with Crippen molar-refractivity contribution in [2.45, 2.75) is 77.8 Å². The molecule has 18 heavy (non-hydrogen) atoms. The monoisotopic (exact) mass is 252 g/mol. The van der Waals surface area contributed by atoms with Crippen molar-refractivity contribution in [1.82, 2.24) is 10.2 Å². The molecule has 0 aromatic carbocycles. The molecule has 0 amide bonds. The van der Waals surface area contributed by atoms with Gasteiger partial charge in [-0.3, -0.25) is 0 Å². The van der Waals surface area contributed by atoms with Crippen molar-refractivity contribution >= 4 is 0 Å². The lowest BCUT2D eigenvalue weighted by Crippen LogP contribution is -2.50. The third-order valence-electron chi connectivity index (χ3n) is 5.15. The van der Waals surface area contributed by atoms with Gasteiger partial charge in [0.15, 0.2) is 0 Å². The highest BCUT2D eigenvalue weighted by Crippen LogP contribution is 2.37. The molecule has 2 aliphatic rings. The van der Waals surface area contributed by atoms with E-state index in [9.17, 15) is 0 Å². The molecule has 106 valence electrons. The van der Waals surface area contributed by atoms with E-state index in [1.165, 1.54) is 58.0 Å². The molecule has 1 saturated heterocycles. The number of hydrogen-bond donors (Lipinski definition) is 1. The third kappa shape index (κ3) is 3.71. The van der Waals surface area contributed by atoms with Crippen LogP contribution in [0.5, 0.6) is 0 Å². The lowest BCUT2D eigenvalue weighted by atomic mass is 9.75. The Bertz CT molecular complexity index is 245.